The summed E-state index contributed by atoms with van der Waals surface area (Å²) in [4.78, 5) is 24.7. The van der Waals surface area contributed by atoms with Crippen molar-refractivity contribution in [3.63, 3.8) is 0 Å². The molecule has 1 saturated heterocycles. The van der Waals surface area contributed by atoms with Gasteiger partial charge in [-0.1, -0.05) is 0 Å². The van der Waals surface area contributed by atoms with Crippen molar-refractivity contribution in [2.24, 2.45) is 7.05 Å². The van der Waals surface area contributed by atoms with Crippen LogP contribution in [0.3, 0.4) is 0 Å². The lowest BCUT2D eigenvalue weighted by Crippen LogP contribution is -2.48. The van der Waals surface area contributed by atoms with Gasteiger partial charge in [-0.25, -0.2) is 4.79 Å². The van der Waals surface area contributed by atoms with E-state index in [1.165, 1.54) is 0 Å². The van der Waals surface area contributed by atoms with Crippen LogP contribution in [-0.2, 0) is 18.4 Å². The van der Waals surface area contributed by atoms with Crippen LogP contribution < -0.4 is 5.32 Å². The molecule has 0 spiro atoms. The summed E-state index contributed by atoms with van der Waals surface area (Å²) in [6.45, 7) is 1.08. The van der Waals surface area contributed by atoms with E-state index >= 15 is 0 Å². The highest BCUT2D eigenvalue weighted by Gasteiger charge is 2.26. The zero-order valence-electron chi connectivity index (χ0n) is 12.3. The zero-order valence-corrected chi connectivity index (χ0v) is 12.3. The molecule has 1 aliphatic heterocycles. The summed E-state index contributed by atoms with van der Waals surface area (Å²) in [5.74, 6) is -0.811. The van der Waals surface area contributed by atoms with Gasteiger partial charge in [0.15, 0.2) is 0 Å². The highest BCUT2D eigenvalue weighted by Crippen LogP contribution is 2.21. The summed E-state index contributed by atoms with van der Waals surface area (Å²) in [6, 6.07) is 1.76. The standard InChI is InChI=1S/C14H22N4O3/c1-17-9-7-11(16-17)10-15-14(21)18-8-3-2-4-12(18)5-6-13(19)20/h7,9,12H,2-6,8,10H2,1H3,(H,15,21)(H,19,20). The van der Waals surface area contributed by atoms with E-state index < -0.39 is 5.97 Å². The molecule has 7 nitrogen and oxygen atoms in total. The molecule has 1 fully saturated rings. The number of aromatic nitrogens is 2. The minimum atomic E-state index is -0.811. The first-order valence-corrected chi connectivity index (χ1v) is 7.31. The van der Waals surface area contributed by atoms with Crippen molar-refractivity contribution < 1.29 is 14.7 Å². The number of carbonyl (C=O) groups is 2. The lowest BCUT2D eigenvalue weighted by Gasteiger charge is -2.35. The molecular weight excluding hydrogens is 272 g/mol. The summed E-state index contributed by atoms with van der Waals surface area (Å²) in [5.41, 5.74) is 0.810. The van der Waals surface area contributed by atoms with Gasteiger partial charge in [0.05, 0.1) is 12.2 Å². The van der Waals surface area contributed by atoms with E-state index in [4.69, 9.17) is 5.11 Å². The van der Waals surface area contributed by atoms with Gasteiger partial charge in [-0.3, -0.25) is 9.48 Å². The van der Waals surface area contributed by atoms with Crippen molar-refractivity contribution in [2.45, 2.75) is 44.7 Å². The minimum absolute atomic E-state index is 0.0265. The first-order chi connectivity index (χ1) is 10.1. The molecule has 2 amide bonds. The van der Waals surface area contributed by atoms with Gasteiger partial charge in [-0.05, 0) is 31.7 Å². The number of hydrogen-bond donors (Lipinski definition) is 2. The molecule has 0 aromatic carbocycles. The fraction of sp³-hybridized carbons (Fsp3) is 0.643. The Balaban J connectivity index is 1.87. The van der Waals surface area contributed by atoms with Crippen LogP contribution >= 0.6 is 0 Å². The zero-order chi connectivity index (χ0) is 15.2. The molecule has 2 N–H and O–H groups in total. The smallest absolute Gasteiger partial charge is 0.317 e. The fourth-order valence-electron chi connectivity index (χ4n) is 2.68. The van der Waals surface area contributed by atoms with Gasteiger partial charge in [0.2, 0.25) is 0 Å². The predicted molar refractivity (Wildman–Crippen MR) is 76.7 cm³/mol. The van der Waals surface area contributed by atoms with Crippen LogP contribution in [0.5, 0.6) is 0 Å². The Bertz CT molecular complexity index is 500. The number of nitrogens with zero attached hydrogens (tertiary/aromatic N) is 3. The quantitative estimate of drug-likeness (QED) is 0.858. The number of carboxylic acid groups (broad SMARTS) is 1. The van der Waals surface area contributed by atoms with Gasteiger partial charge in [-0.2, -0.15) is 5.10 Å². The number of carboxylic acids is 1. The molecule has 1 unspecified atom stereocenters. The van der Waals surface area contributed by atoms with Crippen molar-refractivity contribution in [2.75, 3.05) is 6.54 Å². The maximum absolute atomic E-state index is 12.3. The molecule has 21 heavy (non-hydrogen) atoms. The highest BCUT2D eigenvalue weighted by molar-refractivity contribution is 5.74. The van der Waals surface area contributed by atoms with E-state index in [0.717, 1.165) is 25.0 Å². The van der Waals surface area contributed by atoms with Gasteiger partial charge in [0.1, 0.15) is 0 Å². The van der Waals surface area contributed by atoms with E-state index in [9.17, 15) is 9.59 Å². The fourth-order valence-corrected chi connectivity index (χ4v) is 2.68. The van der Waals surface area contributed by atoms with E-state index in [-0.39, 0.29) is 18.5 Å². The van der Waals surface area contributed by atoms with Crippen LogP contribution in [0.25, 0.3) is 0 Å². The number of carbonyl (C=O) groups excluding carboxylic acids is 1. The van der Waals surface area contributed by atoms with Crippen molar-refractivity contribution >= 4 is 12.0 Å². The van der Waals surface area contributed by atoms with Crippen molar-refractivity contribution in [1.82, 2.24) is 20.0 Å². The van der Waals surface area contributed by atoms with Gasteiger partial charge < -0.3 is 15.3 Å². The number of piperidine rings is 1. The minimum Gasteiger partial charge on any atom is -0.481 e. The third kappa shape index (κ3) is 4.47. The number of likely N-dealkylation sites (tertiary alicyclic amines) is 1. The van der Waals surface area contributed by atoms with Gasteiger partial charge in [-0.15, -0.1) is 0 Å². The van der Waals surface area contributed by atoms with Crippen molar-refractivity contribution in [3.8, 4) is 0 Å². The number of rotatable bonds is 5. The number of aryl methyl sites for hydroxylation is 1. The summed E-state index contributed by atoms with van der Waals surface area (Å²) in [5, 5.41) is 15.9. The number of hydrogen-bond acceptors (Lipinski definition) is 3. The molecule has 2 heterocycles. The number of urea groups is 1. The first-order valence-electron chi connectivity index (χ1n) is 7.31. The number of amides is 2. The van der Waals surface area contributed by atoms with E-state index in [1.807, 2.05) is 19.3 Å². The lowest BCUT2D eigenvalue weighted by molar-refractivity contribution is -0.137. The molecule has 0 radical (unpaired) electrons. The summed E-state index contributed by atoms with van der Waals surface area (Å²) in [7, 11) is 1.83. The van der Waals surface area contributed by atoms with Gasteiger partial charge in [0, 0.05) is 32.3 Å². The first kappa shape index (κ1) is 15.3. The average molecular weight is 294 g/mol. The second-order valence-electron chi connectivity index (χ2n) is 5.41. The third-order valence-corrected chi connectivity index (χ3v) is 3.77. The Morgan fingerprint density at radius 3 is 2.95 bits per heavy atom. The lowest BCUT2D eigenvalue weighted by atomic mass is 9.98. The molecule has 1 atom stereocenters. The molecule has 1 aromatic heterocycles. The molecule has 2 rings (SSSR count). The topological polar surface area (TPSA) is 87.5 Å². The van der Waals surface area contributed by atoms with Crippen LogP contribution in [0.4, 0.5) is 4.79 Å². The van der Waals surface area contributed by atoms with Crippen molar-refractivity contribution in [3.05, 3.63) is 18.0 Å². The largest absolute Gasteiger partial charge is 0.481 e. The number of nitrogens with one attached hydrogen (secondary N) is 1. The van der Waals surface area contributed by atoms with Crippen LogP contribution in [0.1, 0.15) is 37.8 Å². The summed E-state index contributed by atoms with van der Waals surface area (Å²) >= 11 is 0. The SMILES string of the molecule is Cn1ccc(CNC(=O)N2CCCCC2CCC(=O)O)n1. The van der Waals surface area contributed by atoms with E-state index in [1.54, 1.807) is 9.58 Å². The van der Waals surface area contributed by atoms with E-state index in [2.05, 4.69) is 10.4 Å². The second kappa shape index (κ2) is 7.10. The highest BCUT2D eigenvalue weighted by atomic mass is 16.4. The Morgan fingerprint density at radius 1 is 1.48 bits per heavy atom. The number of aliphatic carboxylic acids is 1. The molecule has 1 aromatic rings. The predicted octanol–water partition coefficient (Wildman–Crippen LogP) is 1.35. The molecular formula is C14H22N4O3. The van der Waals surface area contributed by atoms with Crippen LogP contribution in [0.15, 0.2) is 12.3 Å². The Kier molecular flexibility index (Phi) is 5.19. The normalized spacial score (nSPS) is 18.5. The van der Waals surface area contributed by atoms with E-state index in [0.29, 0.717) is 19.5 Å². The Hall–Kier alpha value is -2.05. The average Bonchev–Trinajstić information content (AvgIpc) is 2.88. The molecule has 0 aliphatic carbocycles. The Morgan fingerprint density at radius 2 is 2.29 bits per heavy atom. The van der Waals surface area contributed by atoms with Crippen LogP contribution in [-0.4, -0.2) is 44.4 Å². The monoisotopic (exact) mass is 294 g/mol. The Labute approximate surface area is 123 Å². The second-order valence-corrected chi connectivity index (χ2v) is 5.41. The maximum Gasteiger partial charge on any atom is 0.317 e. The summed E-state index contributed by atoms with van der Waals surface area (Å²) in [6.07, 6.45) is 5.36. The van der Waals surface area contributed by atoms with Crippen molar-refractivity contribution in [1.29, 1.82) is 0 Å². The van der Waals surface area contributed by atoms with Crippen LogP contribution in [0, 0.1) is 0 Å². The van der Waals surface area contributed by atoms with Gasteiger partial charge >= 0.3 is 12.0 Å². The van der Waals surface area contributed by atoms with Crippen LogP contribution in [0.2, 0.25) is 0 Å². The molecule has 0 saturated carbocycles. The molecule has 1 aliphatic rings. The van der Waals surface area contributed by atoms with Gasteiger partial charge in [0.25, 0.3) is 0 Å². The molecule has 7 heteroatoms. The summed E-state index contributed by atoms with van der Waals surface area (Å²) < 4.78 is 1.69. The molecule has 0 bridgehead atoms. The third-order valence-electron chi connectivity index (χ3n) is 3.77. The maximum atomic E-state index is 12.3. The molecule has 116 valence electrons.